The van der Waals surface area contributed by atoms with Crippen molar-refractivity contribution in [3.8, 4) is 0 Å². The third-order valence-electron chi connectivity index (χ3n) is 3.73. The number of benzene rings is 2. The summed E-state index contributed by atoms with van der Waals surface area (Å²) in [6.07, 6.45) is 1.36. The van der Waals surface area contributed by atoms with E-state index in [1.807, 2.05) is 0 Å². The molecule has 0 saturated carbocycles. The maximum atomic E-state index is 13.7. The van der Waals surface area contributed by atoms with E-state index in [0.29, 0.717) is 16.9 Å². The molecule has 0 saturated heterocycles. The molecule has 3 rings (SSSR count). The van der Waals surface area contributed by atoms with Crippen LogP contribution in [0.15, 0.2) is 60.8 Å². The minimum Gasteiger partial charge on any atom is -0.352 e. The van der Waals surface area contributed by atoms with Gasteiger partial charge in [0.1, 0.15) is 17.3 Å². The molecule has 3 aromatic rings. The maximum absolute atomic E-state index is 13.7. The van der Waals surface area contributed by atoms with E-state index in [2.05, 4.69) is 15.6 Å². The average Bonchev–Trinajstić information content (AvgIpc) is 2.65. The van der Waals surface area contributed by atoms with Gasteiger partial charge in [0, 0.05) is 17.3 Å². The predicted molar refractivity (Wildman–Crippen MR) is 98.3 cm³/mol. The van der Waals surface area contributed by atoms with E-state index in [0.717, 1.165) is 12.1 Å². The van der Waals surface area contributed by atoms with Crippen LogP contribution in [0.5, 0.6) is 0 Å². The molecule has 1 amide bonds. The van der Waals surface area contributed by atoms with Crippen LogP contribution in [0.4, 0.5) is 25.8 Å². The molecule has 0 atom stereocenters. The fourth-order valence-corrected chi connectivity index (χ4v) is 2.36. The molecule has 0 unspecified atom stereocenters. The molecule has 0 radical (unpaired) electrons. The monoisotopic (exact) mass is 367 g/mol. The lowest BCUT2D eigenvalue weighted by Crippen LogP contribution is -2.14. The van der Waals surface area contributed by atoms with Gasteiger partial charge in [0.25, 0.3) is 5.91 Å². The van der Waals surface area contributed by atoms with Gasteiger partial charge in [-0.15, -0.1) is 0 Å². The van der Waals surface area contributed by atoms with Crippen LogP contribution in [0.25, 0.3) is 0 Å². The zero-order valence-electron chi connectivity index (χ0n) is 14.3. The Bertz CT molecular complexity index is 1000. The van der Waals surface area contributed by atoms with Crippen LogP contribution in [-0.2, 0) is 0 Å². The summed E-state index contributed by atoms with van der Waals surface area (Å²) in [6, 6.07) is 12.8. The van der Waals surface area contributed by atoms with Crippen LogP contribution in [-0.4, -0.2) is 16.7 Å². The highest BCUT2D eigenvalue weighted by molar-refractivity contribution is 6.04. The quantitative estimate of drug-likeness (QED) is 0.649. The van der Waals surface area contributed by atoms with Crippen molar-refractivity contribution in [2.75, 3.05) is 10.6 Å². The predicted octanol–water partition coefficient (Wildman–Crippen LogP) is 4.56. The SMILES string of the molecule is CC(=O)c1cccc(NC(=O)c2ccc(Nc3ccc(F)cc3F)cn2)c1. The van der Waals surface area contributed by atoms with Crippen LogP contribution in [0.3, 0.4) is 0 Å². The van der Waals surface area contributed by atoms with E-state index in [4.69, 9.17) is 0 Å². The summed E-state index contributed by atoms with van der Waals surface area (Å²) in [5.74, 6) is -1.96. The molecule has 2 aromatic carbocycles. The Morgan fingerprint density at radius 1 is 0.963 bits per heavy atom. The van der Waals surface area contributed by atoms with Crippen molar-refractivity contribution >= 4 is 28.8 Å². The zero-order valence-corrected chi connectivity index (χ0v) is 14.3. The molecule has 0 fully saturated rings. The molecular weight excluding hydrogens is 352 g/mol. The first-order valence-corrected chi connectivity index (χ1v) is 8.03. The third kappa shape index (κ3) is 4.52. The van der Waals surface area contributed by atoms with Gasteiger partial charge in [-0.25, -0.2) is 13.8 Å². The van der Waals surface area contributed by atoms with Crippen molar-refractivity contribution in [2.45, 2.75) is 6.92 Å². The Hall–Kier alpha value is -3.61. The van der Waals surface area contributed by atoms with Gasteiger partial charge in [-0.3, -0.25) is 9.59 Å². The van der Waals surface area contributed by atoms with Crippen LogP contribution < -0.4 is 10.6 Å². The summed E-state index contributed by atoms with van der Waals surface area (Å²) in [6.45, 7) is 1.44. The number of nitrogens with zero attached hydrogens (tertiary/aromatic N) is 1. The normalized spacial score (nSPS) is 10.3. The Balaban J connectivity index is 1.70. The summed E-state index contributed by atoms with van der Waals surface area (Å²) >= 11 is 0. The number of anilines is 3. The number of carbonyl (C=O) groups is 2. The van der Waals surface area contributed by atoms with Gasteiger partial charge in [-0.05, 0) is 43.3 Å². The van der Waals surface area contributed by atoms with Gasteiger partial charge >= 0.3 is 0 Å². The molecule has 1 heterocycles. The maximum Gasteiger partial charge on any atom is 0.274 e. The average molecular weight is 367 g/mol. The summed E-state index contributed by atoms with van der Waals surface area (Å²) in [7, 11) is 0. The first-order chi connectivity index (χ1) is 12.9. The molecule has 0 aliphatic heterocycles. The van der Waals surface area contributed by atoms with Crippen LogP contribution >= 0.6 is 0 Å². The molecule has 0 aliphatic rings. The number of ketones is 1. The highest BCUT2D eigenvalue weighted by Gasteiger charge is 2.10. The molecule has 7 heteroatoms. The van der Waals surface area contributed by atoms with Gasteiger partial charge in [0.2, 0.25) is 0 Å². The molecule has 5 nitrogen and oxygen atoms in total. The van der Waals surface area contributed by atoms with Crippen LogP contribution in [0.2, 0.25) is 0 Å². The second-order valence-corrected chi connectivity index (χ2v) is 5.77. The lowest BCUT2D eigenvalue weighted by molar-refractivity contribution is 0.100. The minimum atomic E-state index is -0.734. The number of nitrogens with one attached hydrogen (secondary N) is 2. The van der Waals surface area contributed by atoms with E-state index in [9.17, 15) is 18.4 Å². The molecule has 136 valence electrons. The largest absolute Gasteiger partial charge is 0.352 e. The highest BCUT2D eigenvalue weighted by Crippen LogP contribution is 2.20. The second kappa shape index (κ2) is 7.74. The van der Waals surface area contributed by atoms with Gasteiger partial charge in [0.05, 0.1) is 17.6 Å². The summed E-state index contributed by atoms with van der Waals surface area (Å²) in [5, 5.41) is 5.42. The molecule has 0 aliphatic carbocycles. The second-order valence-electron chi connectivity index (χ2n) is 5.77. The summed E-state index contributed by atoms with van der Waals surface area (Å²) in [4.78, 5) is 27.7. The number of rotatable bonds is 5. The van der Waals surface area contributed by atoms with E-state index >= 15 is 0 Å². The number of hydrogen-bond donors (Lipinski definition) is 2. The van der Waals surface area contributed by atoms with Crippen molar-refractivity contribution in [2.24, 2.45) is 0 Å². The highest BCUT2D eigenvalue weighted by atomic mass is 19.1. The molecule has 2 N–H and O–H groups in total. The van der Waals surface area contributed by atoms with E-state index < -0.39 is 17.5 Å². The van der Waals surface area contributed by atoms with E-state index in [1.165, 1.54) is 25.3 Å². The van der Waals surface area contributed by atoms with Crippen molar-refractivity contribution in [3.05, 3.63) is 83.7 Å². The van der Waals surface area contributed by atoms with Crippen molar-refractivity contribution in [1.29, 1.82) is 0 Å². The topological polar surface area (TPSA) is 71.1 Å². The molecular formula is C20H15F2N3O2. The molecule has 1 aromatic heterocycles. The first kappa shape index (κ1) is 18.2. The number of Topliss-reactive ketones (excluding diaryl/α,β-unsaturated/α-hetero) is 1. The standard InChI is InChI=1S/C20H15F2N3O2/c1-12(26)13-3-2-4-15(9-13)25-20(27)19-8-6-16(11-23-19)24-18-7-5-14(21)10-17(18)22/h2-11,24H,1H3,(H,25,27). The molecule has 0 spiro atoms. The minimum absolute atomic E-state index is 0.0939. The number of hydrogen-bond acceptors (Lipinski definition) is 4. The summed E-state index contributed by atoms with van der Waals surface area (Å²) in [5.41, 5.74) is 1.65. The third-order valence-corrected chi connectivity index (χ3v) is 3.73. The Labute approximate surface area is 154 Å². The summed E-state index contributed by atoms with van der Waals surface area (Å²) < 4.78 is 26.6. The number of carbonyl (C=O) groups excluding carboxylic acids is 2. The van der Waals surface area contributed by atoms with Gasteiger partial charge in [-0.1, -0.05) is 12.1 Å². The number of pyridine rings is 1. The van der Waals surface area contributed by atoms with Crippen LogP contribution in [0.1, 0.15) is 27.8 Å². The van der Waals surface area contributed by atoms with E-state index in [1.54, 1.807) is 30.3 Å². The Kier molecular flexibility index (Phi) is 5.21. The van der Waals surface area contributed by atoms with Crippen molar-refractivity contribution < 1.29 is 18.4 Å². The van der Waals surface area contributed by atoms with Crippen LogP contribution in [0, 0.1) is 11.6 Å². The number of halogens is 2. The molecule has 27 heavy (non-hydrogen) atoms. The smallest absolute Gasteiger partial charge is 0.274 e. The lowest BCUT2D eigenvalue weighted by Gasteiger charge is -2.09. The van der Waals surface area contributed by atoms with Gasteiger partial charge < -0.3 is 10.6 Å². The van der Waals surface area contributed by atoms with Crippen molar-refractivity contribution in [3.63, 3.8) is 0 Å². The first-order valence-electron chi connectivity index (χ1n) is 8.03. The number of amides is 1. The molecule has 0 bridgehead atoms. The Morgan fingerprint density at radius 3 is 2.44 bits per heavy atom. The van der Waals surface area contributed by atoms with Gasteiger partial charge in [-0.2, -0.15) is 0 Å². The zero-order chi connectivity index (χ0) is 19.4. The number of aromatic nitrogens is 1. The van der Waals surface area contributed by atoms with Gasteiger partial charge in [0.15, 0.2) is 5.78 Å². The Morgan fingerprint density at radius 2 is 1.78 bits per heavy atom. The van der Waals surface area contributed by atoms with Crippen molar-refractivity contribution in [1.82, 2.24) is 4.98 Å². The lowest BCUT2D eigenvalue weighted by atomic mass is 10.1. The fourth-order valence-electron chi connectivity index (χ4n) is 2.36. The van der Waals surface area contributed by atoms with E-state index in [-0.39, 0.29) is 17.2 Å². The fraction of sp³-hybridized carbons (Fsp3) is 0.0500.